The highest BCUT2D eigenvalue weighted by Gasteiger charge is 2.56. The Morgan fingerprint density at radius 3 is 2.74 bits per heavy atom. The Hall–Kier alpha value is -2.46. The third-order valence-corrected chi connectivity index (χ3v) is 8.92. The van der Waals surface area contributed by atoms with Crippen LogP contribution in [0.25, 0.3) is 16.9 Å². The van der Waals surface area contributed by atoms with Gasteiger partial charge in [0.05, 0.1) is 48.1 Å². The van der Waals surface area contributed by atoms with Gasteiger partial charge in [-0.3, -0.25) is 5.10 Å². The summed E-state index contributed by atoms with van der Waals surface area (Å²) in [4.78, 5) is 7.17. The Morgan fingerprint density at radius 2 is 2.06 bits per heavy atom. The van der Waals surface area contributed by atoms with E-state index in [-0.39, 0.29) is 6.04 Å². The Bertz CT molecular complexity index is 1270. The molecule has 1 N–H and O–H groups in total. The standard InChI is InChI=1S/C21H26N6O3S/c1-13-12-30-8-7-26(13)19-10-18(21(5-6-21)31(2,28)29)27-20(23-19)15(11-22-27)17-9-16(24-25-17)14-3-4-14/h9-11,13-14H,3-8,12H2,1-2H3,(H,24,25). The number of nitrogens with one attached hydrogen (secondary N) is 1. The zero-order valence-electron chi connectivity index (χ0n) is 17.7. The van der Waals surface area contributed by atoms with Crippen molar-refractivity contribution in [1.82, 2.24) is 24.8 Å². The largest absolute Gasteiger partial charge is 0.377 e. The van der Waals surface area contributed by atoms with Crippen LogP contribution in [0.1, 0.15) is 49.9 Å². The monoisotopic (exact) mass is 442 g/mol. The minimum absolute atomic E-state index is 0.157. The lowest BCUT2D eigenvalue weighted by Crippen LogP contribution is -2.44. The summed E-state index contributed by atoms with van der Waals surface area (Å²) in [6.07, 6.45) is 6.66. The van der Waals surface area contributed by atoms with E-state index in [1.165, 1.54) is 19.1 Å². The summed E-state index contributed by atoms with van der Waals surface area (Å²) in [6.45, 7) is 4.06. The van der Waals surface area contributed by atoms with Crippen LogP contribution in [0.15, 0.2) is 18.3 Å². The molecular weight excluding hydrogens is 416 g/mol. The minimum Gasteiger partial charge on any atom is -0.377 e. The summed E-state index contributed by atoms with van der Waals surface area (Å²) in [5, 5.41) is 12.2. The van der Waals surface area contributed by atoms with E-state index >= 15 is 0 Å². The van der Waals surface area contributed by atoms with Crippen LogP contribution in [0, 0.1) is 0 Å². The number of rotatable bonds is 5. The van der Waals surface area contributed by atoms with Crippen LogP contribution >= 0.6 is 0 Å². The van der Waals surface area contributed by atoms with Gasteiger partial charge in [-0.1, -0.05) is 0 Å². The van der Waals surface area contributed by atoms with Gasteiger partial charge in [-0.25, -0.2) is 17.9 Å². The summed E-state index contributed by atoms with van der Waals surface area (Å²) in [5.41, 5.74) is 4.13. The zero-order chi connectivity index (χ0) is 21.4. The molecule has 0 amide bonds. The number of nitrogens with zero attached hydrogens (tertiary/aromatic N) is 5. The van der Waals surface area contributed by atoms with Gasteiger partial charge in [0.2, 0.25) is 0 Å². The summed E-state index contributed by atoms with van der Waals surface area (Å²) in [6, 6.07) is 4.15. The fourth-order valence-electron chi connectivity index (χ4n) is 4.67. The molecule has 2 aliphatic carbocycles. The predicted molar refractivity (Wildman–Crippen MR) is 116 cm³/mol. The van der Waals surface area contributed by atoms with Gasteiger partial charge < -0.3 is 9.64 Å². The Kier molecular flexibility index (Phi) is 4.05. The van der Waals surface area contributed by atoms with E-state index in [0.717, 1.165) is 29.3 Å². The second-order valence-corrected chi connectivity index (χ2v) is 11.5. The molecule has 3 aromatic rings. The van der Waals surface area contributed by atoms with Crippen LogP contribution in [0.2, 0.25) is 0 Å². The first-order valence-corrected chi connectivity index (χ1v) is 12.8. The fourth-order valence-corrected chi connectivity index (χ4v) is 6.04. The number of morpholine rings is 1. The Morgan fingerprint density at radius 1 is 1.26 bits per heavy atom. The number of anilines is 1. The van der Waals surface area contributed by atoms with Crippen LogP contribution in [0.3, 0.4) is 0 Å². The molecule has 10 heteroatoms. The van der Waals surface area contributed by atoms with Crippen LogP contribution in [-0.2, 0) is 19.3 Å². The van der Waals surface area contributed by atoms with Crippen LogP contribution < -0.4 is 4.90 Å². The number of aromatic nitrogens is 5. The van der Waals surface area contributed by atoms with Gasteiger partial charge in [-0.2, -0.15) is 10.2 Å². The lowest BCUT2D eigenvalue weighted by Gasteiger charge is -2.34. The van der Waals surface area contributed by atoms with Gasteiger partial charge in [-0.15, -0.1) is 0 Å². The number of hydrogen-bond acceptors (Lipinski definition) is 7. The molecule has 1 aliphatic heterocycles. The number of aromatic amines is 1. The molecule has 1 saturated heterocycles. The number of sulfone groups is 1. The summed E-state index contributed by atoms with van der Waals surface area (Å²) in [7, 11) is -3.30. The van der Waals surface area contributed by atoms with Crippen molar-refractivity contribution in [2.75, 3.05) is 30.9 Å². The minimum atomic E-state index is -3.30. The van der Waals surface area contributed by atoms with Crippen molar-refractivity contribution in [2.24, 2.45) is 0 Å². The topological polar surface area (TPSA) is 105 Å². The van der Waals surface area contributed by atoms with Crippen molar-refractivity contribution < 1.29 is 13.2 Å². The molecule has 1 unspecified atom stereocenters. The van der Waals surface area contributed by atoms with E-state index in [9.17, 15) is 8.42 Å². The highest BCUT2D eigenvalue weighted by atomic mass is 32.2. The van der Waals surface area contributed by atoms with E-state index in [1.54, 1.807) is 10.7 Å². The van der Waals surface area contributed by atoms with Gasteiger partial charge in [0.25, 0.3) is 0 Å². The summed E-state index contributed by atoms with van der Waals surface area (Å²) < 4.78 is 31.9. The Labute approximate surface area is 180 Å². The molecule has 0 radical (unpaired) electrons. The van der Waals surface area contributed by atoms with E-state index in [1.807, 2.05) is 6.07 Å². The number of fused-ring (bicyclic) bond motifs is 1. The average molecular weight is 443 g/mol. The first kappa shape index (κ1) is 19.2. The summed E-state index contributed by atoms with van der Waals surface area (Å²) >= 11 is 0. The van der Waals surface area contributed by atoms with Crippen molar-refractivity contribution in [2.45, 2.75) is 49.3 Å². The molecule has 3 fully saturated rings. The van der Waals surface area contributed by atoms with E-state index in [4.69, 9.17) is 9.72 Å². The molecule has 3 aliphatic rings. The first-order chi connectivity index (χ1) is 14.9. The van der Waals surface area contributed by atoms with Crippen molar-refractivity contribution in [3.05, 3.63) is 29.7 Å². The van der Waals surface area contributed by atoms with Gasteiger partial charge in [0.1, 0.15) is 10.6 Å². The van der Waals surface area contributed by atoms with Gasteiger partial charge in [0, 0.05) is 24.8 Å². The molecule has 4 heterocycles. The SMILES string of the molecule is CC1COCCN1c1cc(C2(S(C)(=O)=O)CC2)n2ncc(-c3cc(C4CC4)n[nH]3)c2n1. The maximum absolute atomic E-state index is 12.8. The Balaban J connectivity index is 1.55. The second-order valence-electron chi connectivity index (χ2n) is 9.16. The molecule has 3 aromatic heterocycles. The third-order valence-electron chi connectivity index (χ3n) is 6.88. The highest BCUT2D eigenvalue weighted by Crippen LogP contribution is 2.53. The number of hydrogen-bond donors (Lipinski definition) is 1. The van der Waals surface area contributed by atoms with Crippen molar-refractivity contribution in [3.63, 3.8) is 0 Å². The van der Waals surface area contributed by atoms with Crippen molar-refractivity contribution in [3.8, 4) is 11.3 Å². The smallest absolute Gasteiger partial charge is 0.167 e. The lowest BCUT2D eigenvalue weighted by atomic mass is 10.2. The van der Waals surface area contributed by atoms with Gasteiger partial charge >= 0.3 is 0 Å². The molecule has 6 rings (SSSR count). The molecular formula is C21H26N6O3S. The van der Waals surface area contributed by atoms with Gasteiger partial charge in [0.15, 0.2) is 15.5 Å². The summed E-state index contributed by atoms with van der Waals surface area (Å²) in [5.74, 6) is 1.32. The highest BCUT2D eigenvalue weighted by molar-refractivity contribution is 7.91. The molecule has 2 saturated carbocycles. The molecule has 9 nitrogen and oxygen atoms in total. The fraction of sp³-hybridized carbons (Fsp3) is 0.571. The van der Waals surface area contributed by atoms with E-state index in [2.05, 4.69) is 33.2 Å². The average Bonchev–Trinajstić information content (AvgIpc) is 3.65. The zero-order valence-corrected chi connectivity index (χ0v) is 18.5. The molecule has 0 bridgehead atoms. The molecule has 0 spiro atoms. The van der Waals surface area contributed by atoms with Crippen LogP contribution in [-0.4, -0.2) is 65.3 Å². The second kappa shape index (κ2) is 6.52. The van der Waals surface area contributed by atoms with Crippen molar-refractivity contribution >= 4 is 21.3 Å². The normalized spacial score (nSPS) is 23.4. The predicted octanol–water partition coefficient (Wildman–Crippen LogP) is 2.26. The van der Waals surface area contributed by atoms with Crippen molar-refractivity contribution in [1.29, 1.82) is 0 Å². The maximum Gasteiger partial charge on any atom is 0.167 e. The van der Waals surface area contributed by atoms with Gasteiger partial charge in [-0.05, 0) is 38.7 Å². The molecule has 0 aromatic carbocycles. The number of H-pyrrole nitrogens is 1. The molecule has 31 heavy (non-hydrogen) atoms. The molecule has 164 valence electrons. The lowest BCUT2D eigenvalue weighted by molar-refractivity contribution is 0.0985. The maximum atomic E-state index is 12.8. The van der Waals surface area contributed by atoms with E-state index < -0.39 is 14.6 Å². The van der Waals surface area contributed by atoms with Crippen LogP contribution in [0.4, 0.5) is 5.82 Å². The molecule has 1 atom stereocenters. The quantitative estimate of drug-likeness (QED) is 0.646. The number of ether oxygens (including phenoxy) is 1. The third kappa shape index (κ3) is 2.99. The van der Waals surface area contributed by atoms with Crippen LogP contribution in [0.5, 0.6) is 0 Å². The van der Waals surface area contributed by atoms with E-state index in [0.29, 0.717) is 43.3 Å². The first-order valence-electron chi connectivity index (χ1n) is 10.9.